The van der Waals surface area contributed by atoms with Gasteiger partial charge in [0.2, 0.25) is 5.91 Å². The topological polar surface area (TPSA) is 47.3 Å². The van der Waals surface area contributed by atoms with Gasteiger partial charge in [0.1, 0.15) is 17.7 Å². The highest BCUT2D eigenvalue weighted by molar-refractivity contribution is 6.32. The van der Waals surface area contributed by atoms with Crippen molar-refractivity contribution < 1.29 is 13.6 Å². The van der Waals surface area contributed by atoms with Crippen LogP contribution in [-0.4, -0.2) is 29.9 Å². The molecule has 7 heteroatoms. The molecule has 1 atom stereocenters. The number of benzene rings is 2. The molecule has 0 radical (unpaired) electrons. The minimum Gasteiger partial charge on any atom is -0.362 e. The standard InChI is InChI=1S/C24H26ClF2N3O/c1-4-24(2,3)23(31)29-10-9-20(15-29)30(14-17-11-18(26)6-8-22(17)27)19-7-5-16(13-28)21(25)12-19/h5-8,11-12,20H,4,9-10,14-15H2,1-3H3/t20-/m0/s1. The first-order valence-electron chi connectivity index (χ1n) is 10.4. The van der Waals surface area contributed by atoms with Gasteiger partial charge in [-0.2, -0.15) is 5.26 Å². The highest BCUT2D eigenvalue weighted by Crippen LogP contribution is 2.32. The summed E-state index contributed by atoms with van der Waals surface area (Å²) >= 11 is 6.25. The van der Waals surface area contributed by atoms with Crippen LogP contribution in [0.3, 0.4) is 0 Å². The fraction of sp³-hybridized carbons (Fsp3) is 0.417. The van der Waals surface area contributed by atoms with Crippen LogP contribution >= 0.6 is 11.6 Å². The Hall–Kier alpha value is -2.65. The van der Waals surface area contributed by atoms with Gasteiger partial charge in [0.05, 0.1) is 10.6 Å². The van der Waals surface area contributed by atoms with Gasteiger partial charge in [-0.25, -0.2) is 8.78 Å². The van der Waals surface area contributed by atoms with E-state index >= 15 is 0 Å². The van der Waals surface area contributed by atoms with Crippen molar-refractivity contribution in [2.75, 3.05) is 18.0 Å². The molecule has 0 spiro atoms. The van der Waals surface area contributed by atoms with Crippen molar-refractivity contribution in [1.82, 2.24) is 4.90 Å². The molecule has 1 aliphatic rings. The van der Waals surface area contributed by atoms with Gasteiger partial charge in [0, 0.05) is 42.3 Å². The van der Waals surface area contributed by atoms with Gasteiger partial charge in [-0.05, 0) is 49.2 Å². The number of nitrogens with zero attached hydrogens (tertiary/aromatic N) is 3. The second-order valence-corrected chi connectivity index (χ2v) is 8.98. The molecule has 0 aromatic heterocycles. The number of rotatable bonds is 6. The van der Waals surface area contributed by atoms with Gasteiger partial charge < -0.3 is 9.80 Å². The van der Waals surface area contributed by atoms with Crippen LogP contribution in [0.15, 0.2) is 36.4 Å². The third-order valence-corrected chi connectivity index (χ3v) is 6.42. The van der Waals surface area contributed by atoms with Crippen LogP contribution in [0.4, 0.5) is 14.5 Å². The van der Waals surface area contributed by atoms with E-state index in [9.17, 15) is 18.8 Å². The molecule has 0 unspecified atom stereocenters. The molecule has 2 aromatic rings. The summed E-state index contributed by atoms with van der Waals surface area (Å²) in [4.78, 5) is 16.7. The maximum absolute atomic E-state index is 14.4. The zero-order valence-corrected chi connectivity index (χ0v) is 18.7. The molecule has 1 saturated heterocycles. The van der Waals surface area contributed by atoms with Crippen LogP contribution in [0.5, 0.6) is 0 Å². The van der Waals surface area contributed by atoms with Crippen LogP contribution in [0.25, 0.3) is 0 Å². The van der Waals surface area contributed by atoms with Crippen molar-refractivity contribution in [3.63, 3.8) is 0 Å². The lowest BCUT2D eigenvalue weighted by molar-refractivity contribution is -0.139. The van der Waals surface area contributed by atoms with Crippen LogP contribution in [-0.2, 0) is 11.3 Å². The Labute approximate surface area is 187 Å². The first kappa shape index (κ1) is 23.0. The van der Waals surface area contributed by atoms with E-state index in [1.807, 2.05) is 36.6 Å². The summed E-state index contributed by atoms with van der Waals surface area (Å²) in [5.41, 5.74) is 0.808. The molecule has 2 aromatic carbocycles. The Balaban J connectivity index is 1.93. The third kappa shape index (κ3) is 4.99. The van der Waals surface area contributed by atoms with Crippen molar-refractivity contribution in [1.29, 1.82) is 5.26 Å². The maximum atomic E-state index is 14.4. The minimum absolute atomic E-state index is 0.0900. The van der Waals surface area contributed by atoms with E-state index in [0.29, 0.717) is 35.8 Å². The molecule has 1 aliphatic heterocycles. The molecule has 0 bridgehead atoms. The molecule has 31 heavy (non-hydrogen) atoms. The Morgan fingerprint density at radius 2 is 2.03 bits per heavy atom. The molecule has 1 heterocycles. The predicted octanol–water partition coefficient (Wildman–Crippen LogP) is 5.53. The molecular weight excluding hydrogens is 420 g/mol. The summed E-state index contributed by atoms with van der Waals surface area (Å²) in [6.45, 7) is 7.06. The zero-order valence-electron chi connectivity index (χ0n) is 18.0. The second-order valence-electron chi connectivity index (χ2n) is 8.57. The average molecular weight is 446 g/mol. The Kier molecular flexibility index (Phi) is 6.86. The van der Waals surface area contributed by atoms with E-state index in [4.69, 9.17) is 11.6 Å². The smallest absolute Gasteiger partial charge is 0.228 e. The summed E-state index contributed by atoms with van der Waals surface area (Å²) in [7, 11) is 0. The van der Waals surface area contributed by atoms with Gasteiger partial charge in [-0.15, -0.1) is 0 Å². The first-order valence-corrected chi connectivity index (χ1v) is 10.7. The molecule has 4 nitrogen and oxygen atoms in total. The number of carbonyl (C=O) groups is 1. The monoisotopic (exact) mass is 445 g/mol. The minimum atomic E-state index is -0.512. The SMILES string of the molecule is CCC(C)(C)C(=O)N1CC[C@H](N(Cc2cc(F)ccc2F)c2ccc(C#N)c(Cl)c2)C1. The van der Waals surface area contributed by atoms with E-state index in [-0.39, 0.29) is 24.1 Å². The van der Waals surface area contributed by atoms with Gasteiger partial charge >= 0.3 is 0 Å². The fourth-order valence-corrected chi connectivity index (χ4v) is 4.03. The molecule has 1 fully saturated rings. The van der Waals surface area contributed by atoms with Crippen LogP contribution in [0.2, 0.25) is 5.02 Å². The highest BCUT2D eigenvalue weighted by atomic mass is 35.5. The molecule has 0 aliphatic carbocycles. The van der Waals surface area contributed by atoms with Crippen molar-refractivity contribution >= 4 is 23.2 Å². The molecule has 1 amide bonds. The summed E-state index contributed by atoms with van der Waals surface area (Å²) < 4.78 is 28.2. The summed E-state index contributed by atoms with van der Waals surface area (Å²) in [6.07, 6.45) is 1.43. The number of halogens is 3. The Bertz CT molecular complexity index is 1020. The van der Waals surface area contributed by atoms with Crippen molar-refractivity contribution in [2.24, 2.45) is 5.41 Å². The summed E-state index contributed by atoms with van der Waals surface area (Å²) in [5.74, 6) is -0.918. The second kappa shape index (κ2) is 9.23. The number of hydrogen-bond donors (Lipinski definition) is 0. The number of carbonyl (C=O) groups excluding carboxylic acids is 1. The van der Waals surface area contributed by atoms with E-state index in [0.717, 1.165) is 18.6 Å². The lowest BCUT2D eigenvalue weighted by atomic mass is 9.88. The number of anilines is 1. The quantitative estimate of drug-likeness (QED) is 0.587. The number of nitriles is 1. The number of amides is 1. The number of hydrogen-bond acceptors (Lipinski definition) is 3. The van der Waals surface area contributed by atoms with E-state index in [1.165, 1.54) is 6.07 Å². The van der Waals surface area contributed by atoms with Crippen molar-refractivity contribution in [3.05, 3.63) is 64.2 Å². The summed E-state index contributed by atoms with van der Waals surface area (Å²) in [6, 6.07) is 10.4. The molecular formula is C24H26ClF2N3O. The molecule has 3 rings (SSSR count). The van der Waals surface area contributed by atoms with Gasteiger partial charge in [0.25, 0.3) is 0 Å². The van der Waals surface area contributed by atoms with E-state index in [2.05, 4.69) is 0 Å². The predicted molar refractivity (Wildman–Crippen MR) is 118 cm³/mol. The average Bonchev–Trinajstić information content (AvgIpc) is 3.23. The molecule has 164 valence electrons. The van der Waals surface area contributed by atoms with Crippen LogP contribution < -0.4 is 4.90 Å². The van der Waals surface area contributed by atoms with E-state index in [1.54, 1.807) is 18.2 Å². The van der Waals surface area contributed by atoms with Crippen molar-refractivity contribution in [3.8, 4) is 6.07 Å². The Morgan fingerprint density at radius 1 is 1.29 bits per heavy atom. The van der Waals surface area contributed by atoms with Gasteiger partial charge in [-0.3, -0.25) is 4.79 Å². The maximum Gasteiger partial charge on any atom is 0.228 e. The van der Waals surface area contributed by atoms with Gasteiger partial charge in [-0.1, -0.05) is 32.4 Å². The molecule has 0 saturated carbocycles. The summed E-state index contributed by atoms with van der Waals surface area (Å²) in [5, 5.41) is 9.47. The van der Waals surface area contributed by atoms with Gasteiger partial charge in [0.15, 0.2) is 0 Å². The fourth-order valence-electron chi connectivity index (χ4n) is 3.81. The van der Waals surface area contributed by atoms with Crippen molar-refractivity contribution in [2.45, 2.75) is 46.2 Å². The highest BCUT2D eigenvalue weighted by Gasteiger charge is 2.37. The Morgan fingerprint density at radius 3 is 2.68 bits per heavy atom. The number of likely N-dealkylation sites (tertiary alicyclic amines) is 1. The van der Waals surface area contributed by atoms with E-state index < -0.39 is 17.0 Å². The van der Waals surface area contributed by atoms with Crippen LogP contribution in [0, 0.1) is 28.4 Å². The first-order chi connectivity index (χ1) is 14.7. The third-order valence-electron chi connectivity index (χ3n) is 6.11. The normalized spacial score (nSPS) is 16.3. The van der Waals surface area contributed by atoms with Crippen LogP contribution in [0.1, 0.15) is 44.7 Å². The molecule has 0 N–H and O–H groups in total. The lowest BCUT2D eigenvalue weighted by Crippen LogP contribution is -2.42. The largest absolute Gasteiger partial charge is 0.362 e. The lowest BCUT2D eigenvalue weighted by Gasteiger charge is -2.33. The zero-order chi connectivity index (χ0) is 22.8.